The quantitative estimate of drug-likeness (QED) is 0.759. The predicted molar refractivity (Wildman–Crippen MR) is 58.1 cm³/mol. The van der Waals surface area contributed by atoms with Gasteiger partial charge in [-0.15, -0.1) is 0 Å². The first kappa shape index (κ1) is 13.0. The molecule has 1 saturated heterocycles. The van der Waals surface area contributed by atoms with Crippen LogP contribution in [0.5, 0.6) is 0 Å². The Labute approximate surface area is 95.4 Å². The van der Waals surface area contributed by atoms with Gasteiger partial charge < -0.3 is 14.7 Å². The molecule has 1 amide bonds. The molecule has 1 N–H and O–H groups in total. The van der Waals surface area contributed by atoms with Gasteiger partial charge in [-0.1, -0.05) is 0 Å². The van der Waals surface area contributed by atoms with Crippen molar-refractivity contribution < 1.29 is 19.4 Å². The minimum atomic E-state index is -0.882. The lowest BCUT2D eigenvalue weighted by Crippen LogP contribution is -2.40. The van der Waals surface area contributed by atoms with Gasteiger partial charge in [-0.2, -0.15) is 0 Å². The van der Waals surface area contributed by atoms with Crippen molar-refractivity contribution in [3.05, 3.63) is 0 Å². The van der Waals surface area contributed by atoms with Crippen LogP contribution in [0.25, 0.3) is 0 Å². The Kier molecular flexibility index (Phi) is 4.73. The lowest BCUT2D eigenvalue weighted by atomic mass is 10.2. The molecule has 0 radical (unpaired) electrons. The van der Waals surface area contributed by atoms with Crippen LogP contribution in [-0.2, 0) is 14.3 Å². The van der Waals surface area contributed by atoms with Gasteiger partial charge in [-0.3, -0.25) is 9.59 Å². The minimum Gasteiger partial charge on any atom is -0.481 e. The van der Waals surface area contributed by atoms with E-state index >= 15 is 0 Å². The van der Waals surface area contributed by atoms with E-state index in [0.717, 1.165) is 12.8 Å². The van der Waals surface area contributed by atoms with E-state index in [-0.39, 0.29) is 31.1 Å². The lowest BCUT2D eigenvalue weighted by molar-refractivity contribution is -0.144. The lowest BCUT2D eigenvalue weighted by Gasteiger charge is -2.23. The normalized spacial score (nSPS) is 24.4. The van der Waals surface area contributed by atoms with E-state index in [1.54, 1.807) is 4.90 Å². The van der Waals surface area contributed by atoms with Crippen molar-refractivity contribution in [2.75, 3.05) is 13.1 Å². The van der Waals surface area contributed by atoms with E-state index < -0.39 is 5.97 Å². The summed E-state index contributed by atoms with van der Waals surface area (Å²) in [6.07, 6.45) is 1.38. The summed E-state index contributed by atoms with van der Waals surface area (Å²) in [6.45, 7) is 4.58. The largest absolute Gasteiger partial charge is 0.481 e. The number of carboxylic acid groups (broad SMARTS) is 1. The minimum absolute atomic E-state index is 0.0121. The van der Waals surface area contributed by atoms with Gasteiger partial charge in [-0.25, -0.2) is 0 Å². The molecule has 0 aromatic rings. The molecule has 0 aromatic heterocycles. The summed E-state index contributed by atoms with van der Waals surface area (Å²) in [4.78, 5) is 23.9. The predicted octanol–water partition coefficient (Wildman–Crippen LogP) is 0.877. The second kappa shape index (κ2) is 5.84. The molecule has 92 valence electrons. The number of carboxylic acids is 1. The first-order valence-corrected chi connectivity index (χ1v) is 5.70. The maximum atomic E-state index is 11.9. The number of amides is 1. The van der Waals surface area contributed by atoms with Crippen molar-refractivity contribution >= 4 is 11.9 Å². The number of hydrogen-bond donors (Lipinski definition) is 1. The highest BCUT2D eigenvalue weighted by Crippen LogP contribution is 2.20. The van der Waals surface area contributed by atoms with Gasteiger partial charge in [0.25, 0.3) is 5.91 Å². The molecule has 16 heavy (non-hydrogen) atoms. The van der Waals surface area contributed by atoms with Gasteiger partial charge in [-0.05, 0) is 26.7 Å². The van der Waals surface area contributed by atoms with Crippen LogP contribution >= 0.6 is 0 Å². The van der Waals surface area contributed by atoms with Crippen LogP contribution in [0.3, 0.4) is 0 Å². The second-order valence-corrected chi connectivity index (χ2v) is 4.07. The number of hydrogen-bond acceptors (Lipinski definition) is 3. The van der Waals surface area contributed by atoms with E-state index in [1.165, 1.54) is 0 Å². The highest BCUT2D eigenvalue weighted by molar-refractivity contribution is 5.81. The van der Waals surface area contributed by atoms with Crippen LogP contribution in [0.1, 0.15) is 33.1 Å². The Hall–Kier alpha value is -1.10. The smallest absolute Gasteiger partial charge is 0.305 e. The van der Waals surface area contributed by atoms with Gasteiger partial charge in [0.2, 0.25) is 0 Å². The number of likely N-dealkylation sites (N-methyl/N-ethyl adjacent to an activating group) is 1. The first-order valence-electron chi connectivity index (χ1n) is 5.70. The Bertz CT molecular complexity index is 267. The second-order valence-electron chi connectivity index (χ2n) is 4.07. The molecule has 1 aliphatic rings. The molecule has 1 fully saturated rings. The van der Waals surface area contributed by atoms with Gasteiger partial charge in [0, 0.05) is 13.1 Å². The molecule has 2 atom stereocenters. The summed E-state index contributed by atoms with van der Waals surface area (Å²) >= 11 is 0. The van der Waals surface area contributed by atoms with E-state index in [0.29, 0.717) is 6.54 Å². The molecule has 0 bridgehead atoms. The molecular formula is C11H19NO4. The van der Waals surface area contributed by atoms with E-state index in [2.05, 4.69) is 0 Å². The van der Waals surface area contributed by atoms with Crippen LogP contribution in [0, 0.1) is 0 Å². The third-order valence-electron chi connectivity index (χ3n) is 2.80. The van der Waals surface area contributed by atoms with Gasteiger partial charge in [0.05, 0.1) is 12.5 Å². The molecular weight excluding hydrogens is 210 g/mol. The Morgan fingerprint density at radius 3 is 2.56 bits per heavy atom. The highest BCUT2D eigenvalue weighted by atomic mass is 16.5. The van der Waals surface area contributed by atoms with Crippen molar-refractivity contribution in [1.29, 1.82) is 0 Å². The molecule has 1 heterocycles. The van der Waals surface area contributed by atoms with Crippen molar-refractivity contribution in [3.8, 4) is 0 Å². The van der Waals surface area contributed by atoms with Gasteiger partial charge in [0.15, 0.2) is 0 Å². The van der Waals surface area contributed by atoms with Crippen molar-refractivity contribution in [1.82, 2.24) is 4.90 Å². The molecule has 5 nitrogen and oxygen atoms in total. The van der Waals surface area contributed by atoms with Crippen LogP contribution in [-0.4, -0.2) is 47.2 Å². The zero-order chi connectivity index (χ0) is 12.1. The Morgan fingerprint density at radius 2 is 2.12 bits per heavy atom. The molecule has 0 aromatic carbocycles. The third-order valence-corrected chi connectivity index (χ3v) is 2.80. The fourth-order valence-electron chi connectivity index (χ4n) is 1.84. The third kappa shape index (κ3) is 3.48. The summed E-state index contributed by atoms with van der Waals surface area (Å²) in [5.74, 6) is -0.958. The van der Waals surface area contributed by atoms with Crippen LogP contribution in [0.4, 0.5) is 0 Å². The topological polar surface area (TPSA) is 66.8 Å². The highest BCUT2D eigenvalue weighted by Gasteiger charge is 2.31. The fourth-order valence-corrected chi connectivity index (χ4v) is 1.84. The molecule has 1 rings (SSSR count). The maximum Gasteiger partial charge on any atom is 0.305 e. The molecule has 0 saturated carbocycles. The summed E-state index contributed by atoms with van der Waals surface area (Å²) in [5.41, 5.74) is 0. The Morgan fingerprint density at radius 1 is 1.44 bits per heavy atom. The molecule has 0 aliphatic carbocycles. The molecule has 0 spiro atoms. The standard InChI is InChI=1S/C11H19NO4/c1-3-12(7-6-10(13)14)11(15)9-5-4-8(2)16-9/h8-9H,3-7H2,1-2H3,(H,13,14). The van der Waals surface area contributed by atoms with Gasteiger partial charge >= 0.3 is 5.97 Å². The van der Waals surface area contributed by atoms with E-state index in [4.69, 9.17) is 9.84 Å². The zero-order valence-corrected chi connectivity index (χ0v) is 9.81. The summed E-state index contributed by atoms with van der Waals surface area (Å²) in [7, 11) is 0. The Balaban J connectivity index is 2.45. The number of carbonyl (C=O) groups excluding carboxylic acids is 1. The number of aliphatic carboxylic acids is 1. The molecule has 2 unspecified atom stereocenters. The summed E-state index contributed by atoms with van der Waals surface area (Å²) < 4.78 is 5.47. The van der Waals surface area contributed by atoms with Crippen molar-refractivity contribution in [3.63, 3.8) is 0 Å². The number of carbonyl (C=O) groups is 2. The molecule has 5 heteroatoms. The number of nitrogens with zero attached hydrogens (tertiary/aromatic N) is 1. The van der Waals surface area contributed by atoms with Crippen molar-refractivity contribution in [2.24, 2.45) is 0 Å². The number of rotatable bonds is 5. The van der Waals surface area contributed by atoms with E-state index in [1.807, 2.05) is 13.8 Å². The summed E-state index contributed by atoms with van der Waals surface area (Å²) in [6, 6.07) is 0. The average molecular weight is 229 g/mol. The van der Waals surface area contributed by atoms with Gasteiger partial charge in [0.1, 0.15) is 6.10 Å². The van der Waals surface area contributed by atoms with Crippen LogP contribution in [0.15, 0.2) is 0 Å². The summed E-state index contributed by atoms with van der Waals surface area (Å²) in [5, 5.41) is 8.58. The first-order chi connectivity index (χ1) is 7.54. The van der Waals surface area contributed by atoms with E-state index in [9.17, 15) is 9.59 Å². The SMILES string of the molecule is CCN(CCC(=O)O)C(=O)C1CCC(C)O1. The van der Waals surface area contributed by atoms with Crippen LogP contribution < -0.4 is 0 Å². The maximum absolute atomic E-state index is 11.9. The monoisotopic (exact) mass is 229 g/mol. The van der Waals surface area contributed by atoms with Crippen molar-refractivity contribution in [2.45, 2.75) is 45.3 Å². The fraction of sp³-hybridized carbons (Fsp3) is 0.818. The zero-order valence-electron chi connectivity index (χ0n) is 9.81. The number of ether oxygens (including phenoxy) is 1. The van der Waals surface area contributed by atoms with Crippen LogP contribution in [0.2, 0.25) is 0 Å². The molecule has 1 aliphatic heterocycles. The average Bonchev–Trinajstić information content (AvgIpc) is 2.65.